The molecular weight excluding hydrogens is 384 g/mol. The number of nitrogens with zero attached hydrogens (tertiary/aromatic N) is 1. The summed E-state index contributed by atoms with van der Waals surface area (Å²) in [5.41, 5.74) is 1.29. The third kappa shape index (κ3) is 3.64. The van der Waals surface area contributed by atoms with Crippen molar-refractivity contribution in [1.82, 2.24) is 4.90 Å². The molecule has 1 amide bonds. The molecule has 0 aliphatic carbocycles. The molecule has 0 spiro atoms. The predicted octanol–water partition coefficient (Wildman–Crippen LogP) is 1.02. The molecule has 0 radical (unpaired) electrons. The number of ketones is 1. The largest absolute Gasteiger partial charge is 0.507 e. The molecule has 2 aliphatic heterocycles. The van der Waals surface area contributed by atoms with Crippen molar-refractivity contribution in [2.45, 2.75) is 6.04 Å². The van der Waals surface area contributed by atoms with Gasteiger partial charge in [-0.25, -0.2) is 0 Å². The standard InChI is InChI=1S/C23H24N2O5/c1-24(2)10-11-25-20(15-6-4-3-5-7-15)19(22(27)23(25)28)21(26)16-8-9-17-18(14-16)30-13-12-29-17/h3-9,14,20,26H,10-13H2,1-2H3/p+1/t20-/m0/s1. The van der Waals surface area contributed by atoms with Crippen molar-refractivity contribution in [3.8, 4) is 11.5 Å². The minimum absolute atomic E-state index is 0.0941. The van der Waals surface area contributed by atoms with Crippen molar-refractivity contribution in [3.63, 3.8) is 0 Å². The highest BCUT2D eigenvalue weighted by Crippen LogP contribution is 2.40. The highest BCUT2D eigenvalue weighted by Gasteiger charge is 2.46. The molecule has 1 fully saturated rings. The topological polar surface area (TPSA) is 80.5 Å². The SMILES string of the molecule is C[NH+](C)CCN1C(=O)C(=O)C(=C(O)c2ccc3c(c2)OCCO3)[C@@H]1c1ccccc1. The molecule has 2 aromatic rings. The minimum Gasteiger partial charge on any atom is -0.507 e. The molecule has 2 heterocycles. The predicted molar refractivity (Wildman–Crippen MR) is 111 cm³/mol. The number of likely N-dealkylation sites (N-methyl/N-ethyl adjacent to an activating group) is 1. The van der Waals surface area contributed by atoms with Crippen molar-refractivity contribution in [1.29, 1.82) is 0 Å². The molecule has 156 valence electrons. The summed E-state index contributed by atoms with van der Waals surface area (Å²) in [7, 11) is 3.98. The van der Waals surface area contributed by atoms with E-state index < -0.39 is 17.7 Å². The Morgan fingerprint density at radius 1 is 1.07 bits per heavy atom. The van der Waals surface area contributed by atoms with Gasteiger partial charge in [0.15, 0.2) is 11.5 Å². The van der Waals surface area contributed by atoms with Crippen molar-refractivity contribution in [2.24, 2.45) is 0 Å². The van der Waals surface area contributed by atoms with E-state index in [1.165, 1.54) is 0 Å². The van der Waals surface area contributed by atoms with Crippen LogP contribution < -0.4 is 14.4 Å². The van der Waals surface area contributed by atoms with Gasteiger partial charge in [-0.15, -0.1) is 0 Å². The molecule has 7 nitrogen and oxygen atoms in total. The van der Waals surface area contributed by atoms with E-state index in [1.807, 2.05) is 44.4 Å². The molecule has 2 N–H and O–H groups in total. The molecule has 2 aliphatic rings. The molecule has 2 aromatic carbocycles. The van der Waals surface area contributed by atoms with Crippen molar-refractivity contribution in [3.05, 3.63) is 65.2 Å². The lowest BCUT2D eigenvalue weighted by atomic mass is 9.95. The summed E-state index contributed by atoms with van der Waals surface area (Å²) >= 11 is 0. The molecule has 0 bridgehead atoms. The second-order valence-corrected chi connectivity index (χ2v) is 7.72. The summed E-state index contributed by atoms with van der Waals surface area (Å²) in [6.07, 6.45) is 0. The molecule has 1 saturated heterocycles. The second kappa shape index (κ2) is 8.20. The summed E-state index contributed by atoms with van der Waals surface area (Å²) in [4.78, 5) is 28.5. The van der Waals surface area contributed by atoms with E-state index >= 15 is 0 Å². The van der Waals surface area contributed by atoms with Gasteiger partial charge in [-0.1, -0.05) is 30.3 Å². The molecule has 0 aromatic heterocycles. The van der Waals surface area contributed by atoms with E-state index in [9.17, 15) is 14.7 Å². The molecule has 4 rings (SSSR count). The number of rotatable bonds is 5. The third-order valence-corrected chi connectivity index (χ3v) is 5.32. The Balaban J connectivity index is 1.81. The summed E-state index contributed by atoms with van der Waals surface area (Å²) in [6.45, 7) is 1.97. The number of hydrogen-bond acceptors (Lipinski definition) is 5. The number of benzene rings is 2. The number of fused-ring (bicyclic) bond motifs is 1. The maximum Gasteiger partial charge on any atom is 0.295 e. The van der Waals surface area contributed by atoms with Crippen LogP contribution in [-0.2, 0) is 9.59 Å². The average molecular weight is 409 g/mol. The molecule has 30 heavy (non-hydrogen) atoms. The monoisotopic (exact) mass is 409 g/mol. The Labute approximate surface area is 175 Å². The van der Waals surface area contributed by atoms with Gasteiger partial charge >= 0.3 is 0 Å². The van der Waals surface area contributed by atoms with Gasteiger partial charge in [0.1, 0.15) is 19.0 Å². The highest BCUT2D eigenvalue weighted by atomic mass is 16.6. The van der Waals surface area contributed by atoms with Crippen LogP contribution in [0.4, 0.5) is 0 Å². The van der Waals surface area contributed by atoms with Crippen LogP contribution in [0.3, 0.4) is 0 Å². The zero-order valence-electron chi connectivity index (χ0n) is 17.1. The minimum atomic E-state index is -0.676. The number of Topliss-reactive ketones (excluding diaryl/α,β-unsaturated/α-hetero) is 1. The summed E-state index contributed by atoms with van der Waals surface area (Å²) in [5, 5.41) is 11.1. The van der Waals surface area contributed by atoms with E-state index in [-0.39, 0.29) is 11.3 Å². The van der Waals surface area contributed by atoms with E-state index in [1.54, 1.807) is 23.1 Å². The number of carbonyl (C=O) groups is 2. The first kappa shape index (κ1) is 20.0. The number of ether oxygens (including phenoxy) is 2. The number of aliphatic hydroxyl groups excluding tert-OH is 1. The smallest absolute Gasteiger partial charge is 0.295 e. The van der Waals surface area contributed by atoms with Gasteiger partial charge in [0.2, 0.25) is 0 Å². The van der Waals surface area contributed by atoms with Crippen LogP contribution in [0.1, 0.15) is 17.2 Å². The van der Waals surface area contributed by atoms with Crippen LogP contribution in [0.15, 0.2) is 54.1 Å². The molecule has 1 atom stereocenters. The summed E-state index contributed by atoms with van der Waals surface area (Å²) in [6, 6.07) is 13.7. The van der Waals surface area contributed by atoms with E-state index in [4.69, 9.17) is 9.47 Å². The van der Waals surface area contributed by atoms with Gasteiger partial charge in [-0.05, 0) is 23.8 Å². The molecule has 0 saturated carbocycles. The van der Waals surface area contributed by atoms with E-state index in [2.05, 4.69) is 0 Å². The average Bonchev–Trinajstić information content (AvgIpc) is 3.02. The van der Waals surface area contributed by atoms with E-state index in [0.717, 1.165) is 10.5 Å². The first-order valence-corrected chi connectivity index (χ1v) is 10.00. The number of carbonyl (C=O) groups excluding carboxylic acids is 2. The molecular formula is C23H25N2O5+. The lowest BCUT2D eigenvalue weighted by Crippen LogP contribution is -3.06. The Bertz CT molecular complexity index is 1000. The van der Waals surface area contributed by atoms with Crippen LogP contribution in [0.5, 0.6) is 11.5 Å². The lowest BCUT2D eigenvalue weighted by Gasteiger charge is -2.25. The van der Waals surface area contributed by atoms with Gasteiger partial charge in [0.05, 0.1) is 38.8 Å². The van der Waals surface area contributed by atoms with Crippen LogP contribution in [-0.4, -0.2) is 62.1 Å². The van der Waals surface area contributed by atoms with Crippen LogP contribution in [0, 0.1) is 0 Å². The zero-order valence-corrected chi connectivity index (χ0v) is 17.1. The maximum absolute atomic E-state index is 13.0. The third-order valence-electron chi connectivity index (χ3n) is 5.32. The van der Waals surface area contributed by atoms with Gasteiger partial charge in [-0.3, -0.25) is 9.59 Å². The first-order valence-electron chi connectivity index (χ1n) is 10.00. The van der Waals surface area contributed by atoms with Gasteiger partial charge < -0.3 is 24.4 Å². The van der Waals surface area contributed by atoms with Crippen molar-refractivity contribution >= 4 is 17.4 Å². The fourth-order valence-electron chi connectivity index (χ4n) is 3.78. The number of hydrogen-bond donors (Lipinski definition) is 2. The number of likely N-dealkylation sites (tertiary alicyclic amines) is 1. The summed E-state index contributed by atoms with van der Waals surface area (Å²) in [5.74, 6) is -0.383. The highest BCUT2D eigenvalue weighted by molar-refractivity contribution is 6.46. The number of amides is 1. The fourth-order valence-corrected chi connectivity index (χ4v) is 3.78. The van der Waals surface area contributed by atoms with Gasteiger partial charge in [0.25, 0.3) is 11.7 Å². The van der Waals surface area contributed by atoms with Gasteiger partial charge in [-0.2, -0.15) is 0 Å². The van der Waals surface area contributed by atoms with Gasteiger partial charge in [0, 0.05) is 5.56 Å². The first-order chi connectivity index (χ1) is 14.5. The number of nitrogens with one attached hydrogen (secondary N) is 1. The lowest BCUT2D eigenvalue weighted by molar-refractivity contribution is -0.857. The number of quaternary nitrogens is 1. The normalized spacial score (nSPS) is 20.1. The van der Waals surface area contributed by atoms with Crippen LogP contribution in [0.2, 0.25) is 0 Å². The number of aliphatic hydroxyl groups is 1. The Morgan fingerprint density at radius 2 is 1.77 bits per heavy atom. The fraction of sp³-hybridized carbons (Fsp3) is 0.304. The molecule has 7 heteroatoms. The van der Waals surface area contributed by atoms with Crippen molar-refractivity contribution < 1.29 is 29.1 Å². The zero-order chi connectivity index (χ0) is 21.3. The van der Waals surface area contributed by atoms with E-state index in [0.29, 0.717) is 43.4 Å². The Kier molecular flexibility index (Phi) is 5.46. The molecule has 0 unspecified atom stereocenters. The Hall–Kier alpha value is -3.32. The second-order valence-electron chi connectivity index (χ2n) is 7.72. The van der Waals surface area contributed by atoms with Crippen molar-refractivity contribution in [2.75, 3.05) is 40.4 Å². The quantitative estimate of drug-likeness (QED) is 0.438. The van der Waals surface area contributed by atoms with Crippen LogP contribution in [0.25, 0.3) is 5.76 Å². The maximum atomic E-state index is 13.0. The van der Waals surface area contributed by atoms with Crippen LogP contribution >= 0.6 is 0 Å². The summed E-state index contributed by atoms with van der Waals surface area (Å²) < 4.78 is 11.1. The Morgan fingerprint density at radius 3 is 2.47 bits per heavy atom.